The third kappa shape index (κ3) is 3.59. The number of amides is 1. The standard InChI is InChI=1S/C14H12FN3O3/c1-8-4-9(2-3-10(8)15)6-16-13(19)11-5-12(14(20)21)18-7-17-11/h2-5,7H,6H2,1H3,(H,16,19)(H,20,21)/i6D2. The molecule has 0 saturated carbocycles. The molecule has 0 fully saturated rings. The molecule has 0 aliphatic heterocycles. The number of aromatic nitrogens is 2. The summed E-state index contributed by atoms with van der Waals surface area (Å²) in [5.74, 6) is -2.74. The summed E-state index contributed by atoms with van der Waals surface area (Å²) in [6.45, 7) is -0.815. The van der Waals surface area contributed by atoms with Gasteiger partial charge in [-0.1, -0.05) is 12.1 Å². The third-order valence-electron chi connectivity index (χ3n) is 2.60. The van der Waals surface area contributed by atoms with E-state index in [1.54, 1.807) is 0 Å². The van der Waals surface area contributed by atoms with Crippen molar-refractivity contribution in [2.45, 2.75) is 13.4 Å². The molecule has 0 atom stereocenters. The van der Waals surface area contributed by atoms with Crippen LogP contribution in [0.4, 0.5) is 4.39 Å². The molecular weight excluding hydrogens is 277 g/mol. The number of hydrogen-bond acceptors (Lipinski definition) is 4. The highest BCUT2D eigenvalue weighted by Gasteiger charge is 2.12. The lowest BCUT2D eigenvalue weighted by Gasteiger charge is -2.06. The first kappa shape index (κ1) is 12.0. The Morgan fingerprint density at radius 1 is 1.33 bits per heavy atom. The number of carbonyl (C=O) groups excluding carboxylic acids is 1. The molecule has 0 spiro atoms. The highest BCUT2D eigenvalue weighted by Crippen LogP contribution is 2.09. The third-order valence-corrected chi connectivity index (χ3v) is 2.60. The Hall–Kier alpha value is -2.83. The summed E-state index contributed by atoms with van der Waals surface area (Å²) in [7, 11) is 0. The minimum Gasteiger partial charge on any atom is -0.477 e. The van der Waals surface area contributed by atoms with E-state index >= 15 is 0 Å². The lowest BCUT2D eigenvalue weighted by Crippen LogP contribution is -2.24. The van der Waals surface area contributed by atoms with Crippen LogP contribution < -0.4 is 5.32 Å². The van der Waals surface area contributed by atoms with Crippen LogP contribution in [0.1, 0.15) is 34.8 Å². The fourth-order valence-electron chi connectivity index (χ4n) is 1.51. The van der Waals surface area contributed by atoms with Crippen LogP contribution in [0.15, 0.2) is 30.6 Å². The summed E-state index contributed by atoms with van der Waals surface area (Å²) >= 11 is 0. The summed E-state index contributed by atoms with van der Waals surface area (Å²) in [6.07, 6.45) is 0.899. The first-order valence-corrected chi connectivity index (χ1v) is 5.85. The Morgan fingerprint density at radius 3 is 2.71 bits per heavy atom. The van der Waals surface area contributed by atoms with Crippen LogP contribution in [0.5, 0.6) is 0 Å². The molecule has 1 aromatic heterocycles. The van der Waals surface area contributed by atoms with Crippen LogP contribution in [-0.2, 0) is 6.50 Å². The molecule has 2 aromatic rings. The first-order chi connectivity index (χ1) is 10.7. The Kier molecular flexibility index (Phi) is 3.46. The van der Waals surface area contributed by atoms with E-state index in [1.165, 1.54) is 19.1 Å². The molecular formula is C14H12FN3O3. The zero-order valence-corrected chi connectivity index (χ0v) is 10.9. The van der Waals surface area contributed by atoms with E-state index in [0.717, 1.165) is 18.5 Å². The van der Waals surface area contributed by atoms with Gasteiger partial charge in [0.2, 0.25) is 0 Å². The number of aryl methyl sites for hydroxylation is 1. The topological polar surface area (TPSA) is 92.2 Å². The molecule has 1 heterocycles. The largest absolute Gasteiger partial charge is 0.477 e. The lowest BCUT2D eigenvalue weighted by atomic mass is 10.1. The molecule has 0 saturated heterocycles. The molecule has 0 bridgehead atoms. The van der Waals surface area contributed by atoms with Crippen molar-refractivity contribution in [1.82, 2.24) is 15.3 Å². The van der Waals surface area contributed by atoms with Gasteiger partial charge in [-0.2, -0.15) is 0 Å². The summed E-state index contributed by atoms with van der Waals surface area (Å²) in [6, 6.07) is 4.52. The highest BCUT2D eigenvalue weighted by molar-refractivity contribution is 5.94. The molecule has 1 amide bonds. The molecule has 2 N–H and O–H groups in total. The number of halogens is 1. The van der Waals surface area contributed by atoms with Gasteiger partial charge in [0.25, 0.3) is 5.91 Å². The molecule has 1 aromatic carbocycles. The maximum atomic E-state index is 13.3. The van der Waals surface area contributed by atoms with E-state index < -0.39 is 24.2 Å². The van der Waals surface area contributed by atoms with E-state index in [9.17, 15) is 14.0 Å². The number of aromatic carboxylic acids is 1. The number of hydrogen-bond donors (Lipinski definition) is 2. The van der Waals surface area contributed by atoms with Gasteiger partial charge in [0.05, 0.1) is 2.74 Å². The van der Waals surface area contributed by atoms with Crippen molar-refractivity contribution in [3.05, 3.63) is 58.9 Å². The Balaban J connectivity index is 2.25. The minimum absolute atomic E-state index is 0.0530. The van der Waals surface area contributed by atoms with Crippen molar-refractivity contribution in [2.24, 2.45) is 0 Å². The van der Waals surface area contributed by atoms with Gasteiger partial charge in [-0.15, -0.1) is 0 Å². The molecule has 7 heteroatoms. The van der Waals surface area contributed by atoms with Crippen LogP contribution in [-0.4, -0.2) is 27.0 Å². The Morgan fingerprint density at radius 2 is 2.05 bits per heavy atom. The lowest BCUT2D eigenvalue weighted by molar-refractivity contribution is 0.0690. The zero-order chi connectivity index (χ0) is 17.2. The number of benzene rings is 1. The molecule has 21 heavy (non-hydrogen) atoms. The molecule has 108 valence electrons. The number of nitrogens with zero attached hydrogens (tertiary/aromatic N) is 2. The van der Waals surface area contributed by atoms with E-state index in [1.807, 2.05) is 0 Å². The van der Waals surface area contributed by atoms with Crippen molar-refractivity contribution >= 4 is 11.9 Å². The fourth-order valence-corrected chi connectivity index (χ4v) is 1.51. The van der Waals surface area contributed by atoms with Crippen LogP contribution >= 0.6 is 0 Å². The van der Waals surface area contributed by atoms with Crippen LogP contribution in [0.25, 0.3) is 0 Å². The number of carboxylic acids is 1. The number of nitrogens with one attached hydrogen (secondary N) is 1. The molecule has 2 rings (SSSR count). The number of rotatable bonds is 4. The maximum Gasteiger partial charge on any atom is 0.354 e. The Labute approximate surface area is 122 Å². The maximum absolute atomic E-state index is 13.3. The van der Waals surface area contributed by atoms with E-state index in [4.69, 9.17) is 7.85 Å². The predicted octanol–water partition coefficient (Wildman–Crippen LogP) is 1.55. The van der Waals surface area contributed by atoms with Gasteiger partial charge in [0, 0.05) is 12.6 Å². The Bertz CT molecular complexity index is 784. The minimum atomic E-state index is -2.29. The van der Waals surface area contributed by atoms with Gasteiger partial charge in [-0.25, -0.2) is 19.2 Å². The predicted molar refractivity (Wildman–Crippen MR) is 71.3 cm³/mol. The van der Waals surface area contributed by atoms with Crippen LogP contribution in [0, 0.1) is 12.7 Å². The molecule has 0 aliphatic carbocycles. The second-order valence-electron chi connectivity index (χ2n) is 4.14. The van der Waals surface area contributed by atoms with Crippen LogP contribution in [0.3, 0.4) is 0 Å². The average Bonchev–Trinajstić information content (AvgIpc) is 2.49. The highest BCUT2D eigenvalue weighted by atomic mass is 19.1. The van der Waals surface area contributed by atoms with E-state index in [0.29, 0.717) is 0 Å². The van der Waals surface area contributed by atoms with Gasteiger partial charge < -0.3 is 10.4 Å². The van der Waals surface area contributed by atoms with E-state index in [2.05, 4.69) is 15.3 Å². The van der Waals surface area contributed by atoms with Crippen molar-refractivity contribution < 1.29 is 21.8 Å². The van der Waals surface area contributed by atoms with Crippen molar-refractivity contribution in [2.75, 3.05) is 0 Å². The molecule has 0 aliphatic rings. The fraction of sp³-hybridized carbons (Fsp3) is 0.143. The van der Waals surface area contributed by atoms with Crippen molar-refractivity contribution in [1.29, 1.82) is 0 Å². The van der Waals surface area contributed by atoms with Crippen LogP contribution in [0.2, 0.25) is 0 Å². The molecule has 0 radical (unpaired) electrons. The van der Waals surface area contributed by atoms with Gasteiger partial charge in [0.1, 0.15) is 17.8 Å². The van der Waals surface area contributed by atoms with Crippen molar-refractivity contribution in [3.8, 4) is 0 Å². The number of carboxylic acid groups (broad SMARTS) is 1. The van der Waals surface area contributed by atoms with Gasteiger partial charge in [-0.05, 0) is 24.1 Å². The summed E-state index contributed by atoms with van der Waals surface area (Å²) < 4.78 is 29.1. The second kappa shape index (κ2) is 6.08. The van der Waals surface area contributed by atoms with Gasteiger partial charge in [-0.3, -0.25) is 4.79 Å². The monoisotopic (exact) mass is 291 g/mol. The normalized spacial score (nSPS) is 12.3. The molecule has 0 unspecified atom stereocenters. The SMILES string of the molecule is [2H]C([2H])(NC(=O)c1cc(C(=O)O)ncn1)c1ccc(F)c(C)c1. The average molecular weight is 291 g/mol. The zero-order valence-electron chi connectivity index (χ0n) is 12.9. The summed E-state index contributed by atoms with van der Waals surface area (Å²) in [5, 5.41) is 10.9. The smallest absolute Gasteiger partial charge is 0.354 e. The molecule has 6 nitrogen and oxygen atoms in total. The summed E-state index contributed by atoms with van der Waals surface area (Å²) in [5.41, 5.74) is -0.392. The van der Waals surface area contributed by atoms with Gasteiger partial charge >= 0.3 is 5.97 Å². The van der Waals surface area contributed by atoms with Crippen molar-refractivity contribution in [3.63, 3.8) is 0 Å². The van der Waals surface area contributed by atoms with E-state index in [-0.39, 0.29) is 22.5 Å². The second-order valence-corrected chi connectivity index (χ2v) is 4.14. The quantitative estimate of drug-likeness (QED) is 0.891. The van der Waals surface area contributed by atoms with Gasteiger partial charge in [0.15, 0.2) is 5.69 Å². The summed E-state index contributed by atoms with van der Waals surface area (Å²) in [4.78, 5) is 30.0. The number of carbonyl (C=O) groups is 2. The first-order valence-electron chi connectivity index (χ1n) is 6.85.